The Kier molecular flexibility index (Phi) is 4.22. The van der Waals surface area contributed by atoms with Crippen molar-refractivity contribution >= 4 is 11.6 Å². The molecule has 16 heavy (non-hydrogen) atoms. The molecular formula is C13H18ClNO. The molecule has 1 aromatic carbocycles. The number of rotatable bonds is 3. The highest BCUT2D eigenvalue weighted by Gasteiger charge is 2.16. The molecule has 0 amide bonds. The van der Waals surface area contributed by atoms with Gasteiger partial charge in [0.25, 0.3) is 0 Å². The van der Waals surface area contributed by atoms with Gasteiger partial charge in [0, 0.05) is 30.3 Å². The zero-order valence-electron chi connectivity index (χ0n) is 9.58. The van der Waals surface area contributed by atoms with Crippen molar-refractivity contribution in [1.82, 2.24) is 5.32 Å². The van der Waals surface area contributed by atoms with Crippen LogP contribution in [-0.2, 0) is 4.74 Å². The highest BCUT2D eigenvalue weighted by atomic mass is 35.5. The van der Waals surface area contributed by atoms with E-state index in [1.165, 1.54) is 5.56 Å². The van der Waals surface area contributed by atoms with E-state index in [0.717, 1.165) is 31.1 Å². The molecule has 1 aromatic rings. The van der Waals surface area contributed by atoms with Crippen molar-refractivity contribution < 1.29 is 4.74 Å². The molecule has 2 rings (SSSR count). The summed E-state index contributed by atoms with van der Waals surface area (Å²) in [6.07, 6.45) is 2.22. The van der Waals surface area contributed by atoms with Crippen LogP contribution in [0.15, 0.2) is 24.3 Å². The smallest absolute Gasteiger partial charge is 0.0480 e. The zero-order valence-corrected chi connectivity index (χ0v) is 10.3. The van der Waals surface area contributed by atoms with E-state index in [9.17, 15) is 0 Å². The third-order valence-electron chi connectivity index (χ3n) is 3.08. The van der Waals surface area contributed by atoms with Gasteiger partial charge < -0.3 is 10.1 Å². The summed E-state index contributed by atoms with van der Waals surface area (Å²) in [6, 6.07) is 9.01. The van der Waals surface area contributed by atoms with Gasteiger partial charge >= 0.3 is 0 Å². The lowest BCUT2D eigenvalue weighted by Crippen LogP contribution is -2.36. The molecular weight excluding hydrogens is 222 g/mol. The molecule has 1 unspecified atom stereocenters. The van der Waals surface area contributed by atoms with Gasteiger partial charge in [-0.3, -0.25) is 0 Å². The molecule has 1 aliphatic heterocycles. The number of benzene rings is 1. The summed E-state index contributed by atoms with van der Waals surface area (Å²) < 4.78 is 5.35. The maximum Gasteiger partial charge on any atom is 0.0480 e. The first-order valence-corrected chi connectivity index (χ1v) is 6.23. The average Bonchev–Trinajstić information content (AvgIpc) is 2.31. The summed E-state index contributed by atoms with van der Waals surface area (Å²) in [5, 5.41) is 4.43. The molecule has 0 bridgehead atoms. The van der Waals surface area contributed by atoms with Crippen LogP contribution in [0, 0.1) is 0 Å². The van der Waals surface area contributed by atoms with Crippen molar-refractivity contribution in [3.05, 3.63) is 34.9 Å². The zero-order chi connectivity index (χ0) is 11.4. The minimum atomic E-state index is 0.375. The second kappa shape index (κ2) is 5.67. The van der Waals surface area contributed by atoms with Crippen molar-refractivity contribution in [2.24, 2.45) is 0 Å². The van der Waals surface area contributed by atoms with E-state index in [-0.39, 0.29) is 0 Å². The molecule has 1 heterocycles. The Morgan fingerprint density at radius 2 is 1.88 bits per heavy atom. The summed E-state index contributed by atoms with van der Waals surface area (Å²) >= 11 is 5.87. The van der Waals surface area contributed by atoms with E-state index in [1.807, 2.05) is 12.1 Å². The molecule has 0 spiro atoms. The topological polar surface area (TPSA) is 21.3 Å². The second-order valence-electron chi connectivity index (χ2n) is 4.33. The molecule has 1 aliphatic rings. The summed E-state index contributed by atoms with van der Waals surface area (Å²) in [4.78, 5) is 0. The largest absolute Gasteiger partial charge is 0.381 e. The molecule has 1 saturated heterocycles. The Morgan fingerprint density at radius 3 is 2.50 bits per heavy atom. The fourth-order valence-corrected chi connectivity index (χ4v) is 2.19. The molecule has 2 nitrogen and oxygen atoms in total. The van der Waals surface area contributed by atoms with E-state index >= 15 is 0 Å². The molecule has 1 fully saturated rings. The van der Waals surface area contributed by atoms with Crippen LogP contribution in [-0.4, -0.2) is 19.3 Å². The normalized spacial score (nSPS) is 19.6. The molecule has 0 saturated carbocycles. The van der Waals surface area contributed by atoms with Gasteiger partial charge in [-0.15, -0.1) is 0 Å². The summed E-state index contributed by atoms with van der Waals surface area (Å²) in [7, 11) is 0. The van der Waals surface area contributed by atoms with Gasteiger partial charge in [-0.05, 0) is 37.5 Å². The third-order valence-corrected chi connectivity index (χ3v) is 3.33. The minimum absolute atomic E-state index is 0.375. The molecule has 0 aromatic heterocycles. The van der Waals surface area contributed by atoms with Crippen LogP contribution in [0.5, 0.6) is 0 Å². The second-order valence-corrected chi connectivity index (χ2v) is 4.76. The monoisotopic (exact) mass is 239 g/mol. The highest BCUT2D eigenvalue weighted by molar-refractivity contribution is 6.30. The van der Waals surface area contributed by atoms with Crippen LogP contribution in [0.2, 0.25) is 5.02 Å². The highest BCUT2D eigenvalue weighted by Crippen LogP contribution is 2.18. The van der Waals surface area contributed by atoms with Crippen molar-refractivity contribution in [3.8, 4) is 0 Å². The Bertz CT molecular complexity index is 319. The van der Waals surface area contributed by atoms with Gasteiger partial charge in [-0.25, -0.2) is 0 Å². The minimum Gasteiger partial charge on any atom is -0.381 e. The van der Waals surface area contributed by atoms with Crippen LogP contribution < -0.4 is 5.32 Å². The third kappa shape index (κ3) is 3.21. The maximum absolute atomic E-state index is 5.87. The number of halogens is 1. The Morgan fingerprint density at radius 1 is 1.25 bits per heavy atom. The van der Waals surface area contributed by atoms with E-state index in [4.69, 9.17) is 16.3 Å². The summed E-state index contributed by atoms with van der Waals surface area (Å²) in [5.74, 6) is 0. The number of nitrogens with one attached hydrogen (secondary N) is 1. The first kappa shape index (κ1) is 11.9. The van der Waals surface area contributed by atoms with Crippen LogP contribution in [0.1, 0.15) is 31.4 Å². The van der Waals surface area contributed by atoms with Crippen molar-refractivity contribution in [2.75, 3.05) is 13.2 Å². The Hall–Kier alpha value is -0.570. The molecule has 3 heteroatoms. The lowest BCUT2D eigenvalue weighted by molar-refractivity contribution is 0.0754. The molecule has 0 radical (unpaired) electrons. The predicted molar refractivity (Wildman–Crippen MR) is 66.8 cm³/mol. The predicted octanol–water partition coefficient (Wildman–Crippen LogP) is 3.17. The van der Waals surface area contributed by atoms with Gasteiger partial charge in [-0.2, -0.15) is 0 Å². The van der Waals surface area contributed by atoms with E-state index in [0.29, 0.717) is 12.1 Å². The quantitative estimate of drug-likeness (QED) is 0.875. The fraction of sp³-hybridized carbons (Fsp3) is 0.538. The summed E-state index contributed by atoms with van der Waals surface area (Å²) in [6.45, 7) is 3.95. The van der Waals surface area contributed by atoms with Crippen LogP contribution in [0.25, 0.3) is 0 Å². The van der Waals surface area contributed by atoms with Gasteiger partial charge in [0.15, 0.2) is 0 Å². The number of hydrogen-bond donors (Lipinski definition) is 1. The molecule has 0 aliphatic carbocycles. The van der Waals surface area contributed by atoms with E-state index in [2.05, 4.69) is 24.4 Å². The van der Waals surface area contributed by atoms with Crippen molar-refractivity contribution in [2.45, 2.75) is 31.8 Å². The summed E-state index contributed by atoms with van der Waals surface area (Å²) in [5.41, 5.74) is 1.29. The van der Waals surface area contributed by atoms with Crippen LogP contribution in [0.3, 0.4) is 0 Å². The van der Waals surface area contributed by atoms with Gasteiger partial charge in [0.1, 0.15) is 0 Å². The number of hydrogen-bond acceptors (Lipinski definition) is 2. The molecule has 1 atom stereocenters. The van der Waals surface area contributed by atoms with Crippen molar-refractivity contribution in [1.29, 1.82) is 0 Å². The Balaban J connectivity index is 1.91. The standard InChI is InChI=1S/C13H18ClNO/c1-10(11-2-4-12(14)5-3-11)15-13-6-8-16-9-7-13/h2-5,10,13,15H,6-9H2,1H3. The van der Waals surface area contributed by atoms with Crippen molar-refractivity contribution in [3.63, 3.8) is 0 Å². The van der Waals surface area contributed by atoms with E-state index < -0.39 is 0 Å². The molecule has 1 N–H and O–H groups in total. The SMILES string of the molecule is CC(NC1CCOCC1)c1ccc(Cl)cc1. The Labute approximate surface area is 102 Å². The number of ether oxygens (including phenoxy) is 1. The average molecular weight is 240 g/mol. The lowest BCUT2D eigenvalue weighted by Gasteiger charge is -2.27. The first-order chi connectivity index (χ1) is 7.75. The maximum atomic E-state index is 5.87. The van der Waals surface area contributed by atoms with Gasteiger partial charge in [0.2, 0.25) is 0 Å². The molecule has 88 valence electrons. The first-order valence-electron chi connectivity index (χ1n) is 5.85. The van der Waals surface area contributed by atoms with E-state index in [1.54, 1.807) is 0 Å². The van der Waals surface area contributed by atoms with Gasteiger partial charge in [-0.1, -0.05) is 23.7 Å². The fourth-order valence-electron chi connectivity index (χ4n) is 2.07. The van der Waals surface area contributed by atoms with Crippen LogP contribution >= 0.6 is 11.6 Å². The van der Waals surface area contributed by atoms with Gasteiger partial charge in [0.05, 0.1) is 0 Å². The van der Waals surface area contributed by atoms with Crippen LogP contribution in [0.4, 0.5) is 0 Å². The lowest BCUT2D eigenvalue weighted by atomic mass is 10.0.